The number of rotatable bonds is 9. The zero-order chi connectivity index (χ0) is 24.0. The van der Waals surface area contributed by atoms with Gasteiger partial charge in [0.05, 0.1) is 37.1 Å². The van der Waals surface area contributed by atoms with E-state index in [0.29, 0.717) is 34.4 Å². The summed E-state index contributed by atoms with van der Waals surface area (Å²) >= 11 is 5.88. The van der Waals surface area contributed by atoms with Gasteiger partial charge in [0.2, 0.25) is 0 Å². The summed E-state index contributed by atoms with van der Waals surface area (Å²) in [5.74, 6) is 0.705. The number of carbonyl (C=O) groups excluding carboxylic acids is 1. The smallest absolute Gasteiger partial charge is 0.262 e. The van der Waals surface area contributed by atoms with Crippen LogP contribution in [0.2, 0.25) is 5.02 Å². The van der Waals surface area contributed by atoms with Crippen molar-refractivity contribution in [3.8, 4) is 17.2 Å². The van der Waals surface area contributed by atoms with Crippen LogP contribution in [0.15, 0.2) is 65.6 Å². The van der Waals surface area contributed by atoms with Crippen LogP contribution >= 0.6 is 11.6 Å². The molecule has 0 fully saturated rings. The van der Waals surface area contributed by atoms with Gasteiger partial charge in [0.25, 0.3) is 15.9 Å². The number of sulfonamides is 1. The lowest BCUT2D eigenvalue weighted by molar-refractivity contribution is 0.102. The lowest BCUT2D eigenvalue weighted by atomic mass is 10.2. The van der Waals surface area contributed by atoms with Gasteiger partial charge < -0.3 is 19.5 Å². The van der Waals surface area contributed by atoms with Gasteiger partial charge in [-0.3, -0.25) is 9.52 Å². The Morgan fingerprint density at radius 3 is 2.27 bits per heavy atom. The third kappa shape index (κ3) is 5.88. The van der Waals surface area contributed by atoms with E-state index in [1.807, 2.05) is 0 Å². The van der Waals surface area contributed by atoms with Gasteiger partial charge in [-0.25, -0.2) is 8.42 Å². The quantitative estimate of drug-likeness (QED) is 0.446. The molecule has 1 amide bonds. The first-order valence-electron chi connectivity index (χ1n) is 9.86. The van der Waals surface area contributed by atoms with Crippen LogP contribution in [0.5, 0.6) is 17.2 Å². The molecule has 0 spiro atoms. The van der Waals surface area contributed by atoms with Crippen molar-refractivity contribution in [2.24, 2.45) is 0 Å². The lowest BCUT2D eigenvalue weighted by Crippen LogP contribution is -2.16. The maximum atomic E-state index is 13.1. The second-order valence-corrected chi connectivity index (χ2v) is 8.84. The first kappa shape index (κ1) is 24.2. The number of methoxy groups -OCH3 is 2. The van der Waals surface area contributed by atoms with Crippen LogP contribution < -0.4 is 24.2 Å². The number of amides is 1. The van der Waals surface area contributed by atoms with E-state index in [0.717, 1.165) is 0 Å². The van der Waals surface area contributed by atoms with Crippen molar-refractivity contribution in [3.63, 3.8) is 0 Å². The number of hydrogen-bond donors (Lipinski definition) is 2. The molecule has 0 aromatic heterocycles. The molecule has 0 bridgehead atoms. The molecule has 0 saturated heterocycles. The van der Waals surface area contributed by atoms with Crippen molar-refractivity contribution >= 4 is 38.9 Å². The second-order valence-electron chi connectivity index (χ2n) is 6.72. The molecule has 0 atom stereocenters. The van der Waals surface area contributed by atoms with Gasteiger partial charge in [0.15, 0.2) is 0 Å². The van der Waals surface area contributed by atoms with E-state index in [-0.39, 0.29) is 16.3 Å². The van der Waals surface area contributed by atoms with E-state index in [2.05, 4.69) is 10.0 Å². The molecular weight excluding hydrogens is 468 g/mol. The zero-order valence-corrected chi connectivity index (χ0v) is 19.8. The van der Waals surface area contributed by atoms with E-state index in [1.165, 1.54) is 38.5 Å². The average Bonchev–Trinajstić information content (AvgIpc) is 2.80. The fourth-order valence-corrected chi connectivity index (χ4v) is 4.16. The van der Waals surface area contributed by atoms with E-state index < -0.39 is 15.9 Å². The van der Waals surface area contributed by atoms with Gasteiger partial charge in [0.1, 0.15) is 17.2 Å². The second kappa shape index (κ2) is 10.5. The number of anilines is 2. The molecule has 0 saturated carbocycles. The predicted octanol–water partition coefficient (Wildman–Crippen LogP) is 4.81. The summed E-state index contributed by atoms with van der Waals surface area (Å²) in [7, 11) is -1.10. The molecule has 0 unspecified atom stereocenters. The topological polar surface area (TPSA) is 103 Å². The summed E-state index contributed by atoms with van der Waals surface area (Å²) in [5, 5.41) is 3.20. The minimum absolute atomic E-state index is 0.0739. The van der Waals surface area contributed by atoms with Crippen LogP contribution in [0.4, 0.5) is 11.4 Å². The van der Waals surface area contributed by atoms with E-state index in [4.69, 9.17) is 25.8 Å². The van der Waals surface area contributed by atoms with Crippen LogP contribution in [0.25, 0.3) is 0 Å². The van der Waals surface area contributed by atoms with Crippen molar-refractivity contribution in [2.45, 2.75) is 11.8 Å². The molecule has 2 N–H and O–H groups in total. The fourth-order valence-electron chi connectivity index (χ4n) is 2.94. The molecule has 10 heteroatoms. The number of ether oxygens (including phenoxy) is 3. The molecule has 3 rings (SSSR count). The number of benzene rings is 3. The summed E-state index contributed by atoms with van der Waals surface area (Å²) < 4.78 is 44.6. The Kier molecular flexibility index (Phi) is 7.67. The maximum absolute atomic E-state index is 13.1. The number of halogens is 1. The summed E-state index contributed by atoms with van der Waals surface area (Å²) in [6.45, 7) is 2.12. The highest BCUT2D eigenvalue weighted by atomic mass is 35.5. The molecular formula is C23H23ClN2O6S. The Morgan fingerprint density at radius 1 is 0.909 bits per heavy atom. The normalized spacial score (nSPS) is 10.9. The van der Waals surface area contributed by atoms with Crippen LogP contribution in [-0.2, 0) is 10.0 Å². The third-order valence-electron chi connectivity index (χ3n) is 4.57. The van der Waals surface area contributed by atoms with E-state index in [9.17, 15) is 13.2 Å². The van der Waals surface area contributed by atoms with Crippen LogP contribution in [-0.4, -0.2) is 35.2 Å². The van der Waals surface area contributed by atoms with Crippen molar-refractivity contribution < 1.29 is 27.4 Å². The van der Waals surface area contributed by atoms with E-state index in [1.54, 1.807) is 43.3 Å². The van der Waals surface area contributed by atoms with Crippen molar-refractivity contribution in [3.05, 3.63) is 71.2 Å². The molecule has 0 aliphatic rings. The van der Waals surface area contributed by atoms with Crippen LogP contribution in [0, 0.1) is 0 Å². The van der Waals surface area contributed by atoms with Crippen molar-refractivity contribution in [2.75, 3.05) is 30.9 Å². The van der Waals surface area contributed by atoms with Gasteiger partial charge >= 0.3 is 0 Å². The molecule has 0 aliphatic heterocycles. The Hall–Kier alpha value is -3.43. The highest BCUT2D eigenvalue weighted by molar-refractivity contribution is 7.92. The molecule has 8 nitrogen and oxygen atoms in total. The Labute approximate surface area is 197 Å². The molecule has 0 radical (unpaired) electrons. The Morgan fingerprint density at radius 2 is 1.64 bits per heavy atom. The van der Waals surface area contributed by atoms with E-state index >= 15 is 0 Å². The highest BCUT2D eigenvalue weighted by Crippen LogP contribution is 2.33. The standard InChI is InChI=1S/C23H23ClN2O6S/c1-4-32-21-12-10-18(14-20(21)25-23(27)15-5-7-16(24)8-6-15)33(28,29)26-19-11-9-17(30-2)13-22(19)31-3/h5-14,26H,4H2,1-3H3,(H,25,27). The Balaban J connectivity index is 1.93. The molecule has 174 valence electrons. The summed E-state index contributed by atoms with van der Waals surface area (Å²) in [6.07, 6.45) is 0. The zero-order valence-electron chi connectivity index (χ0n) is 18.2. The van der Waals surface area contributed by atoms with Crippen LogP contribution in [0.3, 0.4) is 0 Å². The summed E-state index contributed by atoms with van der Waals surface area (Å²) in [6, 6.07) is 15.2. The number of hydrogen-bond acceptors (Lipinski definition) is 6. The van der Waals surface area contributed by atoms with Crippen LogP contribution in [0.1, 0.15) is 17.3 Å². The summed E-state index contributed by atoms with van der Waals surface area (Å²) in [4.78, 5) is 12.6. The largest absolute Gasteiger partial charge is 0.497 e. The average molecular weight is 491 g/mol. The third-order valence-corrected chi connectivity index (χ3v) is 6.18. The number of carbonyl (C=O) groups is 1. The first-order valence-corrected chi connectivity index (χ1v) is 11.7. The minimum atomic E-state index is -4.02. The monoisotopic (exact) mass is 490 g/mol. The first-order chi connectivity index (χ1) is 15.8. The van der Waals surface area contributed by atoms with Gasteiger partial charge in [0, 0.05) is 16.7 Å². The van der Waals surface area contributed by atoms with Gasteiger partial charge in [-0.05, 0) is 61.5 Å². The minimum Gasteiger partial charge on any atom is -0.497 e. The van der Waals surface area contributed by atoms with Gasteiger partial charge in [-0.1, -0.05) is 11.6 Å². The Bertz CT molecular complexity index is 1250. The molecule has 3 aromatic carbocycles. The molecule has 0 heterocycles. The summed E-state index contributed by atoms with van der Waals surface area (Å²) in [5.41, 5.74) is 0.802. The molecule has 3 aromatic rings. The number of nitrogens with one attached hydrogen (secondary N) is 2. The SMILES string of the molecule is CCOc1ccc(S(=O)(=O)Nc2ccc(OC)cc2OC)cc1NC(=O)c1ccc(Cl)cc1. The van der Waals surface area contributed by atoms with Crippen molar-refractivity contribution in [1.29, 1.82) is 0 Å². The fraction of sp³-hybridized carbons (Fsp3) is 0.174. The predicted molar refractivity (Wildman–Crippen MR) is 127 cm³/mol. The molecule has 33 heavy (non-hydrogen) atoms. The van der Waals surface area contributed by atoms with Crippen molar-refractivity contribution in [1.82, 2.24) is 0 Å². The van der Waals surface area contributed by atoms with Gasteiger partial charge in [-0.15, -0.1) is 0 Å². The maximum Gasteiger partial charge on any atom is 0.262 e. The molecule has 0 aliphatic carbocycles. The van der Waals surface area contributed by atoms with Gasteiger partial charge in [-0.2, -0.15) is 0 Å². The highest BCUT2D eigenvalue weighted by Gasteiger charge is 2.20. The lowest BCUT2D eigenvalue weighted by Gasteiger charge is -2.16.